The molecule has 6 aromatic heterocycles. The summed E-state index contributed by atoms with van der Waals surface area (Å²) in [5, 5.41) is 17.4. The van der Waals surface area contributed by atoms with Crippen LogP contribution in [-0.4, -0.2) is 151 Å². The summed E-state index contributed by atoms with van der Waals surface area (Å²) in [7, 11) is -2.36. The van der Waals surface area contributed by atoms with Crippen molar-refractivity contribution < 1.29 is 38.1 Å². The molecule has 3 aliphatic carbocycles. The number of piperidine rings is 3. The Hall–Kier alpha value is -5.89. The van der Waals surface area contributed by atoms with Gasteiger partial charge in [-0.05, 0) is 141 Å². The van der Waals surface area contributed by atoms with E-state index in [1.165, 1.54) is 19.3 Å². The van der Waals surface area contributed by atoms with Crippen LogP contribution in [0.2, 0.25) is 66.8 Å². The summed E-state index contributed by atoms with van der Waals surface area (Å²) in [6, 6.07) is 19.5. The van der Waals surface area contributed by atoms with Crippen molar-refractivity contribution in [2.75, 3.05) is 87.0 Å². The molecule has 0 amide bonds. The molecule has 6 unspecified atom stereocenters. The first-order chi connectivity index (χ1) is 42.1. The molecule has 20 nitrogen and oxygen atoms in total. The molecular formula is C63H85Cl3N12O8Si2. The minimum atomic E-state index is -1.18. The minimum absolute atomic E-state index is 0.223. The van der Waals surface area contributed by atoms with E-state index in [9.17, 15) is 14.4 Å². The van der Waals surface area contributed by atoms with Crippen LogP contribution in [0, 0.1) is 35.5 Å². The van der Waals surface area contributed by atoms with Crippen molar-refractivity contribution in [1.82, 2.24) is 44.7 Å². The number of aromatic amines is 1. The molecule has 6 aliphatic rings. The molecule has 0 radical (unpaired) electrons. The summed E-state index contributed by atoms with van der Waals surface area (Å²) < 4.78 is 30.3. The summed E-state index contributed by atoms with van der Waals surface area (Å²) in [4.78, 5) is 57.1. The number of carbonyl (C=O) groups excluding carboxylic acids is 3. The molecule has 3 saturated heterocycles. The standard InChI is InChI=1S/2C23H33ClN4O3Si.C17H19ClN4O2/c1-5-31-23(29)20-12-19(28(26-20)15-30-8-9-32(2,3)4)11-16-6-7-21(25-22(16)24)27-13-17-10-18(17)14-27;1-5-31-23(29)20-12-19(26-28(20)15-30-8-9-32(2,3)4)11-16-6-7-21(25-22(16)24)27-13-17-10-18(17)14-27;1-2-24-17(23)14-7-13(20-21-14)6-10-3-4-15(19-16(10)18)22-8-11-5-12(11)9-22/h2*6-7,12,17-18H,5,8-11,13-15H2,1-4H3;3-4,7,11-12H,2,5-6,8-9H2,1H3,(H,20,21). The summed E-state index contributed by atoms with van der Waals surface area (Å²) in [5.74, 6) is 6.67. The summed E-state index contributed by atoms with van der Waals surface area (Å²) in [6.45, 7) is 28.5. The third-order valence-electron chi connectivity index (χ3n) is 17.0. The maximum Gasteiger partial charge on any atom is 0.358 e. The number of hydrogen-bond acceptors (Lipinski definition) is 17. The van der Waals surface area contributed by atoms with Crippen molar-refractivity contribution in [1.29, 1.82) is 0 Å². The van der Waals surface area contributed by atoms with E-state index < -0.39 is 34.1 Å². The smallest absolute Gasteiger partial charge is 0.358 e. The van der Waals surface area contributed by atoms with Gasteiger partial charge in [-0.1, -0.05) is 92.3 Å². The number of carbonyl (C=O) groups is 3. The molecular weight excluding hydrogens is 1220 g/mol. The number of nitrogens with one attached hydrogen (secondary N) is 1. The molecule has 6 atom stereocenters. The van der Waals surface area contributed by atoms with Gasteiger partial charge in [-0.3, -0.25) is 5.10 Å². The summed E-state index contributed by atoms with van der Waals surface area (Å²) in [5.41, 5.74) is 6.04. The Bertz CT molecular complexity index is 3390. The molecule has 25 heteroatoms. The van der Waals surface area contributed by atoms with E-state index in [1.807, 2.05) is 36.4 Å². The van der Waals surface area contributed by atoms with Crippen LogP contribution in [0.25, 0.3) is 0 Å². The van der Waals surface area contributed by atoms with Gasteiger partial charge in [0.25, 0.3) is 0 Å². The fraction of sp³-hybridized carbons (Fsp3) is 0.571. The predicted octanol–water partition coefficient (Wildman–Crippen LogP) is 11.6. The van der Waals surface area contributed by atoms with E-state index in [-0.39, 0.29) is 18.1 Å². The van der Waals surface area contributed by atoms with E-state index in [1.54, 1.807) is 48.3 Å². The largest absolute Gasteiger partial charge is 0.461 e. The monoisotopic (exact) mass is 1300 g/mol. The van der Waals surface area contributed by atoms with E-state index >= 15 is 0 Å². The average Bonchev–Trinajstić information content (AvgIpc) is 2.08. The SMILES string of the molecule is CCOC(=O)c1cc(Cc2ccc(N3CC4CC4C3)nc2Cl)[nH]n1.CCOC(=O)c1cc(Cc2ccc(N3CC4CC4C3)nc2Cl)n(COCC[Si](C)(C)C)n1.CCOC(=O)c1cc(Cc2ccc(N3CC4CC4C3)nc2Cl)nn1COCC[Si](C)(C)C. The summed E-state index contributed by atoms with van der Waals surface area (Å²) in [6.07, 6.45) is 5.63. The lowest BCUT2D eigenvalue weighted by molar-refractivity contribution is 0.0453. The lowest BCUT2D eigenvalue weighted by atomic mass is 10.1. The van der Waals surface area contributed by atoms with Gasteiger partial charge in [-0.25, -0.2) is 38.7 Å². The van der Waals surface area contributed by atoms with Crippen LogP contribution in [0.1, 0.15) is 105 Å². The normalized spacial score (nSPS) is 20.3. The van der Waals surface area contributed by atoms with Crippen LogP contribution in [-0.2, 0) is 56.4 Å². The molecule has 12 rings (SSSR count). The number of ether oxygens (including phenoxy) is 5. The number of pyridine rings is 3. The lowest BCUT2D eigenvalue weighted by Gasteiger charge is -2.19. The first-order valence-electron chi connectivity index (χ1n) is 31.2. The number of hydrogen-bond donors (Lipinski definition) is 1. The highest BCUT2D eigenvalue weighted by molar-refractivity contribution is 6.76. The van der Waals surface area contributed by atoms with Crippen molar-refractivity contribution in [2.45, 2.75) is 124 Å². The lowest BCUT2D eigenvalue weighted by Crippen LogP contribution is -2.23. The third kappa shape index (κ3) is 17.5. The number of aromatic nitrogens is 9. The number of rotatable bonds is 25. The first-order valence-corrected chi connectivity index (χ1v) is 39.7. The van der Waals surface area contributed by atoms with Gasteiger partial charge in [0.15, 0.2) is 11.4 Å². The third-order valence-corrected chi connectivity index (χ3v) is 21.4. The molecule has 88 heavy (non-hydrogen) atoms. The van der Waals surface area contributed by atoms with Crippen molar-refractivity contribution in [3.05, 3.63) is 121 Å². The second-order valence-corrected chi connectivity index (χ2v) is 38.9. The maximum absolute atomic E-state index is 12.4. The summed E-state index contributed by atoms with van der Waals surface area (Å²) >= 11 is 19.5. The van der Waals surface area contributed by atoms with Crippen LogP contribution in [0.5, 0.6) is 0 Å². The number of nitrogens with zero attached hydrogens (tertiary/aromatic N) is 11. The highest BCUT2D eigenvalue weighted by atomic mass is 35.5. The minimum Gasteiger partial charge on any atom is -0.461 e. The molecule has 0 spiro atoms. The molecule has 3 saturated carbocycles. The van der Waals surface area contributed by atoms with Gasteiger partial charge in [-0.15, -0.1) is 0 Å². The zero-order chi connectivity index (χ0) is 62.4. The van der Waals surface area contributed by atoms with Gasteiger partial charge in [0, 0.05) is 99.3 Å². The highest BCUT2D eigenvalue weighted by Crippen LogP contribution is 2.48. The van der Waals surface area contributed by atoms with E-state index in [0.717, 1.165) is 138 Å². The molecule has 474 valence electrons. The zero-order valence-electron chi connectivity index (χ0n) is 52.3. The van der Waals surface area contributed by atoms with Crippen LogP contribution in [0.15, 0.2) is 54.6 Å². The molecule has 6 aromatic rings. The Labute approximate surface area is 533 Å². The number of H-pyrrole nitrogens is 1. The Morgan fingerprint density at radius 2 is 0.943 bits per heavy atom. The van der Waals surface area contributed by atoms with Gasteiger partial charge >= 0.3 is 17.9 Å². The van der Waals surface area contributed by atoms with Gasteiger partial charge in [0.05, 0.1) is 25.5 Å². The highest BCUT2D eigenvalue weighted by Gasteiger charge is 2.47. The van der Waals surface area contributed by atoms with Gasteiger partial charge in [-0.2, -0.15) is 15.3 Å². The van der Waals surface area contributed by atoms with Crippen molar-refractivity contribution in [3.8, 4) is 0 Å². The molecule has 0 bridgehead atoms. The molecule has 6 fully saturated rings. The Morgan fingerprint density at radius 1 is 0.523 bits per heavy atom. The Kier molecular flexibility index (Phi) is 21.1. The van der Waals surface area contributed by atoms with Crippen LogP contribution < -0.4 is 14.7 Å². The zero-order valence-corrected chi connectivity index (χ0v) is 56.6. The van der Waals surface area contributed by atoms with Crippen LogP contribution >= 0.6 is 34.8 Å². The second-order valence-electron chi connectivity index (χ2n) is 26.5. The average molecular weight is 1300 g/mol. The number of fused-ring (bicyclic) bond motifs is 3. The maximum atomic E-state index is 12.4. The molecule has 3 aliphatic heterocycles. The molecule has 0 aromatic carbocycles. The van der Waals surface area contributed by atoms with Crippen molar-refractivity contribution in [2.24, 2.45) is 35.5 Å². The predicted molar refractivity (Wildman–Crippen MR) is 347 cm³/mol. The molecule has 9 heterocycles. The van der Waals surface area contributed by atoms with Crippen LogP contribution in [0.4, 0.5) is 17.5 Å². The van der Waals surface area contributed by atoms with Gasteiger partial charge in [0.2, 0.25) is 0 Å². The first kappa shape index (κ1) is 65.1. The quantitative estimate of drug-likeness (QED) is 0.0186. The van der Waals surface area contributed by atoms with Gasteiger partial charge in [0.1, 0.15) is 52.1 Å². The number of halogens is 3. The van der Waals surface area contributed by atoms with Crippen molar-refractivity contribution >= 4 is 86.3 Å². The number of anilines is 3. The van der Waals surface area contributed by atoms with Crippen LogP contribution in [0.3, 0.4) is 0 Å². The Morgan fingerprint density at radius 3 is 1.39 bits per heavy atom. The number of esters is 3. The fourth-order valence-electron chi connectivity index (χ4n) is 11.5. The second kappa shape index (κ2) is 28.5. The van der Waals surface area contributed by atoms with E-state index in [0.29, 0.717) is 80.2 Å². The van der Waals surface area contributed by atoms with Gasteiger partial charge < -0.3 is 38.4 Å². The fourth-order valence-corrected chi connectivity index (χ4v) is 13.7. The van der Waals surface area contributed by atoms with E-state index in [2.05, 4.69) is 89.3 Å². The van der Waals surface area contributed by atoms with E-state index in [4.69, 9.17) is 58.5 Å². The topological polar surface area (TPSA) is 210 Å². The Balaban J connectivity index is 0.000000147. The van der Waals surface area contributed by atoms with Crippen molar-refractivity contribution in [3.63, 3.8) is 0 Å². The molecule has 1 N–H and O–H groups in total.